The smallest absolute Gasteiger partial charge is 0.274 e. The average Bonchev–Trinajstić information content (AvgIpc) is 2.62. The first-order chi connectivity index (χ1) is 11.1. The predicted molar refractivity (Wildman–Crippen MR) is 83.2 cm³/mol. The molecule has 0 N–H and O–H groups in total. The van der Waals surface area contributed by atoms with Crippen LogP contribution in [0.3, 0.4) is 0 Å². The van der Waals surface area contributed by atoms with Crippen molar-refractivity contribution >= 4 is 17.6 Å². The van der Waals surface area contributed by atoms with E-state index in [1.54, 1.807) is 22.8 Å². The molecule has 0 saturated carbocycles. The lowest BCUT2D eigenvalue weighted by atomic mass is 10.2. The molecule has 0 bridgehead atoms. The van der Waals surface area contributed by atoms with Gasteiger partial charge in [-0.3, -0.25) is 9.59 Å². The molecule has 0 atom stereocenters. The van der Waals surface area contributed by atoms with Crippen molar-refractivity contribution in [1.29, 1.82) is 0 Å². The summed E-state index contributed by atoms with van der Waals surface area (Å²) in [6, 6.07) is 3.55. The van der Waals surface area contributed by atoms with E-state index in [0.717, 1.165) is 18.9 Å². The minimum atomic E-state index is -0.130. The van der Waals surface area contributed by atoms with Gasteiger partial charge in [0.2, 0.25) is 5.91 Å². The highest BCUT2D eigenvalue weighted by Gasteiger charge is 2.24. The first-order valence-electron chi connectivity index (χ1n) is 7.86. The zero-order chi connectivity index (χ0) is 16.2. The maximum Gasteiger partial charge on any atom is 0.274 e. The van der Waals surface area contributed by atoms with E-state index in [0.29, 0.717) is 45.1 Å². The molecule has 8 heteroatoms. The van der Waals surface area contributed by atoms with Gasteiger partial charge in [0, 0.05) is 46.2 Å². The van der Waals surface area contributed by atoms with Crippen molar-refractivity contribution in [3.63, 3.8) is 0 Å². The standard InChI is InChI=1S/C15H21N5O3/c1-12(21)18-4-6-20(7-5-18)15(22)13-2-3-14(17-16-13)19-8-10-23-11-9-19/h2-3H,4-11H2,1H3. The molecule has 2 amide bonds. The first kappa shape index (κ1) is 15.7. The summed E-state index contributed by atoms with van der Waals surface area (Å²) in [4.78, 5) is 29.3. The second-order valence-corrected chi connectivity index (χ2v) is 5.67. The number of ether oxygens (including phenoxy) is 1. The average molecular weight is 319 g/mol. The summed E-state index contributed by atoms with van der Waals surface area (Å²) in [5, 5.41) is 8.25. The molecule has 8 nitrogen and oxygen atoms in total. The van der Waals surface area contributed by atoms with Crippen molar-refractivity contribution in [3.05, 3.63) is 17.8 Å². The number of morpholine rings is 1. The van der Waals surface area contributed by atoms with E-state index in [-0.39, 0.29) is 11.8 Å². The lowest BCUT2D eigenvalue weighted by Crippen LogP contribution is -2.50. The summed E-state index contributed by atoms with van der Waals surface area (Å²) in [5.41, 5.74) is 0.346. The Bertz CT molecular complexity index is 563. The van der Waals surface area contributed by atoms with Gasteiger partial charge in [0.05, 0.1) is 13.2 Å². The van der Waals surface area contributed by atoms with Crippen LogP contribution >= 0.6 is 0 Å². The molecule has 3 heterocycles. The topological polar surface area (TPSA) is 78.9 Å². The molecule has 3 rings (SSSR count). The van der Waals surface area contributed by atoms with Crippen molar-refractivity contribution in [3.8, 4) is 0 Å². The molecule has 2 aliphatic rings. The number of anilines is 1. The number of aromatic nitrogens is 2. The summed E-state index contributed by atoms with van der Waals surface area (Å²) >= 11 is 0. The molecule has 2 fully saturated rings. The Morgan fingerprint density at radius 1 is 0.957 bits per heavy atom. The Kier molecular flexibility index (Phi) is 4.71. The third-order valence-corrected chi connectivity index (χ3v) is 4.22. The van der Waals surface area contributed by atoms with E-state index in [9.17, 15) is 9.59 Å². The molecule has 0 unspecified atom stereocenters. The van der Waals surface area contributed by atoms with Crippen molar-refractivity contribution in [2.75, 3.05) is 57.4 Å². The number of hydrogen-bond donors (Lipinski definition) is 0. The minimum absolute atomic E-state index is 0.0479. The highest BCUT2D eigenvalue weighted by atomic mass is 16.5. The summed E-state index contributed by atoms with van der Waals surface area (Å²) in [6.07, 6.45) is 0. The van der Waals surface area contributed by atoms with E-state index < -0.39 is 0 Å². The van der Waals surface area contributed by atoms with Crippen molar-refractivity contribution < 1.29 is 14.3 Å². The van der Waals surface area contributed by atoms with Gasteiger partial charge in [-0.15, -0.1) is 10.2 Å². The number of carbonyl (C=O) groups excluding carboxylic acids is 2. The van der Waals surface area contributed by atoms with Crippen LogP contribution in [0.5, 0.6) is 0 Å². The molecule has 23 heavy (non-hydrogen) atoms. The van der Waals surface area contributed by atoms with Gasteiger partial charge < -0.3 is 19.4 Å². The monoisotopic (exact) mass is 319 g/mol. The Hall–Kier alpha value is -2.22. The Morgan fingerprint density at radius 3 is 2.17 bits per heavy atom. The number of carbonyl (C=O) groups is 2. The van der Waals surface area contributed by atoms with Gasteiger partial charge in [-0.25, -0.2) is 0 Å². The van der Waals surface area contributed by atoms with Crippen molar-refractivity contribution in [2.45, 2.75) is 6.92 Å². The van der Waals surface area contributed by atoms with Gasteiger partial charge in [0.15, 0.2) is 11.5 Å². The normalized spacial score (nSPS) is 18.9. The summed E-state index contributed by atoms with van der Waals surface area (Å²) in [6.45, 7) is 6.69. The molecule has 124 valence electrons. The molecule has 2 aliphatic heterocycles. The summed E-state index contributed by atoms with van der Waals surface area (Å²) in [7, 11) is 0. The van der Waals surface area contributed by atoms with Crippen LogP contribution in [0.1, 0.15) is 17.4 Å². The van der Waals surface area contributed by atoms with E-state index in [4.69, 9.17) is 4.74 Å². The van der Waals surface area contributed by atoms with Crippen LogP contribution in [-0.4, -0.2) is 84.3 Å². The van der Waals surface area contributed by atoms with Gasteiger partial charge in [0.1, 0.15) is 0 Å². The van der Waals surface area contributed by atoms with Gasteiger partial charge in [-0.05, 0) is 12.1 Å². The summed E-state index contributed by atoms with van der Waals surface area (Å²) in [5.74, 6) is 0.687. The molecule has 0 spiro atoms. The quantitative estimate of drug-likeness (QED) is 0.739. The number of nitrogens with zero attached hydrogens (tertiary/aromatic N) is 5. The Balaban J connectivity index is 1.60. The Morgan fingerprint density at radius 2 is 1.61 bits per heavy atom. The molecule has 0 aromatic carbocycles. The molecule has 0 radical (unpaired) electrons. The van der Waals surface area contributed by atoms with Crippen LogP contribution in [0.4, 0.5) is 5.82 Å². The molecular formula is C15H21N5O3. The van der Waals surface area contributed by atoms with Crippen LogP contribution in [0, 0.1) is 0 Å². The fourth-order valence-corrected chi connectivity index (χ4v) is 2.79. The summed E-state index contributed by atoms with van der Waals surface area (Å²) < 4.78 is 5.31. The van der Waals surface area contributed by atoms with Crippen LogP contribution in [-0.2, 0) is 9.53 Å². The zero-order valence-corrected chi connectivity index (χ0v) is 13.3. The minimum Gasteiger partial charge on any atom is -0.378 e. The fourth-order valence-electron chi connectivity index (χ4n) is 2.79. The lowest BCUT2D eigenvalue weighted by molar-refractivity contribution is -0.130. The second kappa shape index (κ2) is 6.91. The third-order valence-electron chi connectivity index (χ3n) is 4.22. The fraction of sp³-hybridized carbons (Fsp3) is 0.600. The van der Waals surface area contributed by atoms with Gasteiger partial charge in [-0.2, -0.15) is 0 Å². The van der Waals surface area contributed by atoms with E-state index in [2.05, 4.69) is 15.1 Å². The zero-order valence-electron chi connectivity index (χ0n) is 13.3. The molecule has 0 aliphatic carbocycles. The first-order valence-corrected chi connectivity index (χ1v) is 7.86. The van der Waals surface area contributed by atoms with Crippen LogP contribution < -0.4 is 4.90 Å². The largest absolute Gasteiger partial charge is 0.378 e. The predicted octanol–water partition coefficient (Wildman–Crippen LogP) is -0.382. The highest BCUT2D eigenvalue weighted by molar-refractivity contribution is 5.92. The molecular weight excluding hydrogens is 298 g/mol. The van der Waals surface area contributed by atoms with Crippen LogP contribution in [0.2, 0.25) is 0 Å². The number of piperazine rings is 1. The molecule has 1 aromatic heterocycles. The van der Waals surface area contributed by atoms with E-state index in [1.807, 2.05) is 6.07 Å². The van der Waals surface area contributed by atoms with Crippen molar-refractivity contribution in [2.24, 2.45) is 0 Å². The number of hydrogen-bond acceptors (Lipinski definition) is 6. The van der Waals surface area contributed by atoms with Gasteiger partial charge in [0.25, 0.3) is 5.91 Å². The van der Waals surface area contributed by atoms with Gasteiger partial charge >= 0.3 is 0 Å². The number of amides is 2. The lowest BCUT2D eigenvalue weighted by Gasteiger charge is -2.34. The molecule has 2 saturated heterocycles. The van der Waals surface area contributed by atoms with E-state index >= 15 is 0 Å². The van der Waals surface area contributed by atoms with Crippen LogP contribution in [0.25, 0.3) is 0 Å². The molecule has 1 aromatic rings. The third kappa shape index (κ3) is 3.58. The maximum absolute atomic E-state index is 12.5. The van der Waals surface area contributed by atoms with E-state index in [1.165, 1.54) is 0 Å². The highest BCUT2D eigenvalue weighted by Crippen LogP contribution is 2.13. The van der Waals surface area contributed by atoms with Gasteiger partial charge in [-0.1, -0.05) is 0 Å². The van der Waals surface area contributed by atoms with Crippen LogP contribution in [0.15, 0.2) is 12.1 Å². The Labute approximate surface area is 135 Å². The SMILES string of the molecule is CC(=O)N1CCN(C(=O)c2ccc(N3CCOCC3)nn2)CC1. The second-order valence-electron chi connectivity index (χ2n) is 5.67. The van der Waals surface area contributed by atoms with Crippen molar-refractivity contribution in [1.82, 2.24) is 20.0 Å². The number of rotatable bonds is 2. The maximum atomic E-state index is 12.5.